The van der Waals surface area contributed by atoms with Gasteiger partial charge in [-0.25, -0.2) is 4.39 Å². The molecule has 0 N–H and O–H groups in total. The summed E-state index contributed by atoms with van der Waals surface area (Å²) in [4.78, 5) is 0. The normalized spacial score (nSPS) is 17.9. The first kappa shape index (κ1) is 25.8. The monoisotopic (exact) mass is 492 g/mol. The lowest BCUT2D eigenvalue weighted by Crippen LogP contribution is -2.13. The van der Waals surface area contributed by atoms with E-state index in [2.05, 4.69) is 43.3 Å². The fraction of sp³-hybridized carbons (Fsp3) is 0.438. The molecule has 0 unspecified atom stereocenters. The second-order valence-corrected chi connectivity index (χ2v) is 10.3. The zero-order chi connectivity index (χ0) is 24.6. The van der Waals surface area contributed by atoms with Crippen LogP contribution in [0.1, 0.15) is 81.4 Å². The van der Waals surface area contributed by atoms with E-state index in [1.54, 1.807) is 6.07 Å². The maximum atomic E-state index is 14.5. The van der Waals surface area contributed by atoms with Crippen LogP contribution in [-0.4, -0.2) is 6.61 Å². The van der Waals surface area contributed by atoms with Gasteiger partial charge < -0.3 is 4.74 Å². The summed E-state index contributed by atoms with van der Waals surface area (Å²) in [6.45, 7) is 4.53. The summed E-state index contributed by atoms with van der Waals surface area (Å²) in [5.74, 6) is 1.40. The molecule has 186 valence electrons. The number of benzene rings is 3. The lowest BCUT2D eigenvalue weighted by atomic mass is 9.77. The van der Waals surface area contributed by atoms with Crippen LogP contribution >= 0.6 is 11.6 Å². The molecule has 1 nitrogen and oxygen atoms in total. The predicted octanol–water partition coefficient (Wildman–Crippen LogP) is 9.79. The molecule has 0 aliphatic heterocycles. The van der Waals surface area contributed by atoms with Crippen molar-refractivity contribution in [2.24, 2.45) is 5.92 Å². The average molecular weight is 493 g/mol. The molecule has 3 aromatic rings. The average Bonchev–Trinajstić information content (AvgIpc) is 2.90. The second kappa shape index (κ2) is 12.6. The van der Waals surface area contributed by atoms with Gasteiger partial charge >= 0.3 is 0 Å². The molecular weight excluding hydrogens is 455 g/mol. The summed E-state index contributed by atoms with van der Waals surface area (Å²) >= 11 is 6.29. The number of unbranched alkanes of at least 4 members (excludes halogenated alkanes) is 1. The molecule has 0 aromatic heterocycles. The Labute approximate surface area is 215 Å². The summed E-state index contributed by atoms with van der Waals surface area (Å²) < 4.78 is 19.8. The third-order valence-electron chi connectivity index (χ3n) is 7.58. The van der Waals surface area contributed by atoms with Gasteiger partial charge in [0.1, 0.15) is 0 Å². The topological polar surface area (TPSA) is 9.23 Å². The van der Waals surface area contributed by atoms with Crippen LogP contribution in [0, 0.1) is 11.7 Å². The van der Waals surface area contributed by atoms with E-state index in [1.165, 1.54) is 61.6 Å². The van der Waals surface area contributed by atoms with Gasteiger partial charge in [0.25, 0.3) is 0 Å². The number of rotatable bonds is 10. The highest BCUT2D eigenvalue weighted by Gasteiger charge is 2.22. The molecule has 4 rings (SSSR count). The van der Waals surface area contributed by atoms with Gasteiger partial charge in [-0.05, 0) is 91.7 Å². The quantitative estimate of drug-likeness (QED) is 0.273. The van der Waals surface area contributed by atoms with E-state index in [0.29, 0.717) is 12.2 Å². The summed E-state index contributed by atoms with van der Waals surface area (Å²) in [6.07, 6.45) is 11.6. The lowest BCUT2D eigenvalue weighted by Gasteiger charge is -2.29. The molecule has 3 heteroatoms. The molecule has 35 heavy (non-hydrogen) atoms. The number of halogens is 2. The number of hydrogen-bond donors (Lipinski definition) is 0. The molecule has 1 saturated carbocycles. The third-order valence-corrected chi connectivity index (χ3v) is 7.95. The molecule has 0 bridgehead atoms. The van der Waals surface area contributed by atoms with Gasteiger partial charge in [-0.15, -0.1) is 0 Å². The smallest absolute Gasteiger partial charge is 0.184 e. The molecule has 1 aliphatic rings. The van der Waals surface area contributed by atoms with E-state index in [-0.39, 0.29) is 10.8 Å². The van der Waals surface area contributed by atoms with E-state index >= 15 is 0 Å². The van der Waals surface area contributed by atoms with Crippen LogP contribution in [0.2, 0.25) is 5.02 Å². The van der Waals surface area contributed by atoms with Crippen molar-refractivity contribution in [3.8, 4) is 16.9 Å². The Hall–Kier alpha value is -2.32. The Kier molecular flexibility index (Phi) is 9.26. The van der Waals surface area contributed by atoms with Gasteiger partial charge in [0.05, 0.1) is 11.6 Å². The molecule has 1 aliphatic carbocycles. The fourth-order valence-electron chi connectivity index (χ4n) is 5.40. The van der Waals surface area contributed by atoms with Crippen molar-refractivity contribution in [1.29, 1.82) is 0 Å². The van der Waals surface area contributed by atoms with Crippen molar-refractivity contribution in [3.05, 3.63) is 88.2 Å². The highest BCUT2D eigenvalue weighted by molar-refractivity contribution is 6.33. The molecule has 0 heterocycles. The maximum Gasteiger partial charge on any atom is 0.184 e. The summed E-state index contributed by atoms with van der Waals surface area (Å²) in [7, 11) is 0. The van der Waals surface area contributed by atoms with E-state index in [9.17, 15) is 4.39 Å². The highest BCUT2D eigenvalue weighted by Crippen LogP contribution is 2.38. The highest BCUT2D eigenvalue weighted by atomic mass is 35.5. The molecule has 0 saturated heterocycles. The van der Waals surface area contributed by atoms with Gasteiger partial charge in [-0.2, -0.15) is 0 Å². The minimum absolute atomic E-state index is 0.109. The summed E-state index contributed by atoms with van der Waals surface area (Å²) in [6, 6.07) is 21.1. The Morgan fingerprint density at radius 2 is 1.46 bits per heavy atom. The third kappa shape index (κ3) is 6.67. The van der Waals surface area contributed by atoms with E-state index in [1.807, 2.05) is 25.1 Å². The number of hydrogen-bond acceptors (Lipinski definition) is 1. The van der Waals surface area contributed by atoms with Crippen molar-refractivity contribution in [2.75, 3.05) is 6.61 Å². The molecule has 0 spiro atoms. The van der Waals surface area contributed by atoms with Crippen LogP contribution in [0.4, 0.5) is 4.39 Å². The Bertz CT molecular complexity index is 1070. The largest absolute Gasteiger partial charge is 0.491 e. The van der Waals surface area contributed by atoms with Gasteiger partial charge in [0.15, 0.2) is 11.6 Å². The molecule has 1 fully saturated rings. The summed E-state index contributed by atoms with van der Waals surface area (Å²) in [5, 5.41) is 0.109. The van der Waals surface area contributed by atoms with Crippen molar-refractivity contribution in [2.45, 2.75) is 77.6 Å². The van der Waals surface area contributed by atoms with Crippen LogP contribution in [0.3, 0.4) is 0 Å². The molecule has 0 atom stereocenters. The van der Waals surface area contributed by atoms with Crippen LogP contribution in [0.25, 0.3) is 11.1 Å². The van der Waals surface area contributed by atoms with E-state index in [0.717, 1.165) is 30.2 Å². The van der Waals surface area contributed by atoms with Gasteiger partial charge in [-0.1, -0.05) is 86.3 Å². The lowest BCUT2D eigenvalue weighted by molar-refractivity contribution is 0.304. The Balaban J connectivity index is 1.31. The number of ether oxygens (including phenoxy) is 1. The first-order valence-corrected chi connectivity index (χ1v) is 13.8. The molecule has 0 amide bonds. The molecule has 3 aromatic carbocycles. The SMILES string of the molecule is CCCCC1CCC(c2ccc(CCc3ccc(-c4ccc(OCC)c(F)c4Cl)cc3)cc2)CC1. The van der Waals surface area contributed by atoms with Gasteiger partial charge in [0, 0.05) is 5.56 Å². The van der Waals surface area contributed by atoms with Crippen LogP contribution in [0.15, 0.2) is 60.7 Å². The van der Waals surface area contributed by atoms with Crippen LogP contribution in [0.5, 0.6) is 5.75 Å². The maximum absolute atomic E-state index is 14.5. The second-order valence-electron chi connectivity index (χ2n) is 9.97. The fourth-order valence-corrected chi connectivity index (χ4v) is 5.66. The van der Waals surface area contributed by atoms with E-state index < -0.39 is 5.82 Å². The van der Waals surface area contributed by atoms with Crippen LogP contribution < -0.4 is 4.74 Å². The van der Waals surface area contributed by atoms with Crippen molar-refractivity contribution >= 4 is 11.6 Å². The van der Waals surface area contributed by atoms with Crippen molar-refractivity contribution in [1.82, 2.24) is 0 Å². The van der Waals surface area contributed by atoms with Crippen molar-refractivity contribution in [3.63, 3.8) is 0 Å². The van der Waals surface area contributed by atoms with Gasteiger partial charge in [-0.3, -0.25) is 0 Å². The Morgan fingerprint density at radius 1 is 0.829 bits per heavy atom. The number of aryl methyl sites for hydroxylation is 2. The van der Waals surface area contributed by atoms with Crippen molar-refractivity contribution < 1.29 is 9.13 Å². The molecular formula is C32H38ClFO. The summed E-state index contributed by atoms with van der Waals surface area (Å²) in [5.41, 5.74) is 5.77. The van der Waals surface area contributed by atoms with Gasteiger partial charge in [0.2, 0.25) is 0 Å². The first-order valence-electron chi connectivity index (χ1n) is 13.4. The molecule has 0 radical (unpaired) electrons. The van der Waals surface area contributed by atoms with E-state index in [4.69, 9.17) is 16.3 Å². The zero-order valence-corrected chi connectivity index (χ0v) is 21.9. The predicted molar refractivity (Wildman–Crippen MR) is 146 cm³/mol. The minimum Gasteiger partial charge on any atom is -0.491 e. The first-order chi connectivity index (χ1) is 17.1. The zero-order valence-electron chi connectivity index (χ0n) is 21.2. The minimum atomic E-state index is -0.497. The standard InChI is InChI=1S/C32H38ClFO/c1-3-5-6-23-9-15-26(16-10-23)27-17-11-24(12-18-27)7-8-25-13-19-28(20-14-25)29-21-22-30(35-4-2)32(34)31(29)33/h11-14,17-23,26H,3-10,15-16H2,1-2H3. The van der Waals surface area contributed by atoms with Crippen LogP contribution in [-0.2, 0) is 12.8 Å². The Morgan fingerprint density at radius 3 is 2.06 bits per heavy atom.